The zero-order valence-electron chi connectivity index (χ0n) is 8.24. The van der Waals surface area contributed by atoms with Crippen molar-refractivity contribution in [3.63, 3.8) is 0 Å². The first-order chi connectivity index (χ1) is 7.97. The molecule has 0 radical (unpaired) electrons. The number of carboxylic acid groups (broad SMARTS) is 2. The second-order valence-corrected chi connectivity index (χ2v) is 4.87. The number of carbonyl (C=O) groups is 3. The molecule has 0 unspecified atom stereocenters. The third kappa shape index (κ3) is 5.26. The van der Waals surface area contributed by atoms with Crippen molar-refractivity contribution < 1.29 is 24.6 Å². The van der Waals surface area contributed by atoms with Gasteiger partial charge in [0.2, 0.25) is 11.0 Å². The Hall–Kier alpha value is -1.68. The number of amides is 1. The lowest BCUT2D eigenvalue weighted by molar-refractivity contribution is -0.139. The fourth-order valence-electron chi connectivity index (χ4n) is 0.743. The topological polar surface area (TPSA) is 129 Å². The first kappa shape index (κ1) is 13.4. The number of aliphatic carboxylic acids is 2. The number of rotatable bonds is 6. The highest BCUT2D eigenvalue weighted by Gasteiger charge is 2.12. The monoisotopic (exact) mass is 277 g/mol. The lowest BCUT2D eigenvalue weighted by Gasteiger charge is -1.95. The number of aromatic nitrogens is 2. The van der Waals surface area contributed by atoms with Gasteiger partial charge in [0, 0.05) is 0 Å². The van der Waals surface area contributed by atoms with Crippen LogP contribution in [-0.4, -0.2) is 44.0 Å². The molecule has 1 heterocycles. The van der Waals surface area contributed by atoms with Crippen molar-refractivity contribution in [1.82, 2.24) is 10.2 Å². The van der Waals surface area contributed by atoms with Crippen LogP contribution in [0.3, 0.4) is 0 Å². The molecule has 17 heavy (non-hydrogen) atoms. The number of carbonyl (C=O) groups excluding carboxylic acids is 1. The molecule has 3 N–H and O–H groups in total. The SMILES string of the molecule is O=C(O)CSc1nnc(NC(=O)CC(=O)O)s1. The van der Waals surface area contributed by atoms with Crippen LogP contribution in [0.4, 0.5) is 5.13 Å². The smallest absolute Gasteiger partial charge is 0.313 e. The van der Waals surface area contributed by atoms with Crippen LogP contribution in [-0.2, 0) is 14.4 Å². The van der Waals surface area contributed by atoms with Gasteiger partial charge in [-0.25, -0.2) is 0 Å². The van der Waals surface area contributed by atoms with E-state index >= 15 is 0 Å². The van der Waals surface area contributed by atoms with Crippen LogP contribution in [0.5, 0.6) is 0 Å². The van der Waals surface area contributed by atoms with Gasteiger partial charge in [-0.1, -0.05) is 23.1 Å². The molecule has 0 bridgehead atoms. The van der Waals surface area contributed by atoms with E-state index in [2.05, 4.69) is 15.5 Å². The molecule has 0 aromatic carbocycles. The Morgan fingerprint density at radius 2 is 1.94 bits per heavy atom. The standard InChI is InChI=1S/C7H7N3O5S2/c11-3(1-4(12)13)8-6-9-10-7(17-6)16-2-5(14)15/h1-2H2,(H,12,13)(H,14,15)(H,8,9,11). The van der Waals surface area contributed by atoms with Crippen molar-refractivity contribution in [2.45, 2.75) is 10.8 Å². The summed E-state index contributed by atoms with van der Waals surface area (Å²) in [5.41, 5.74) is 0. The van der Waals surface area contributed by atoms with Crippen molar-refractivity contribution in [2.24, 2.45) is 0 Å². The highest BCUT2D eigenvalue weighted by molar-refractivity contribution is 8.01. The molecule has 0 fully saturated rings. The second kappa shape index (κ2) is 6.15. The predicted octanol–water partition coefficient (Wildman–Crippen LogP) is 0.128. The highest BCUT2D eigenvalue weighted by atomic mass is 32.2. The summed E-state index contributed by atoms with van der Waals surface area (Å²) < 4.78 is 0.387. The average Bonchev–Trinajstić information content (AvgIpc) is 2.61. The van der Waals surface area contributed by atoms with Crippen molar-refractivity contribution >= 4 is 46.1 Å². The number of hydrogen-bond donors (Lipinski definition) is 3. The largest absolute Gasteiger partial charge is 0.481 e. The molecule has 1 aromatic rings. The number of nitrogens with one attached hydrogen (secondary N) is 1. The highest BCUT2D eigenvalue weighted by Crippen LogP contribution is 2.25. The Kier molecular flexibility index (Phi) is 4.84. The third-order valence-electron chi connectivity index (χ3n) is 1.28. The first-order valence-corrected chi connectivity index (χ1v) is 5.97. The fraction of sp³-hybridized carbons (Fsp3) is 0.286. The maximum atomic E-state index is 11.0. The minimum Gasteiger partial charge on any atom is -0.481 e. The molecule has 0 spiro atoms. The van der Waals surface area contributed by atoms with Crippen molar-refractivity contribution in [3.8, 4) is 0 Å². The molecule has 0 atom stereocenters. The van der Waals surface area contributed by atoms with E-state index in [1.54, 1.807) is 0 Å². The molecule has 1 rings (SSSR count). The number of thioether (sulfide) groups is 1. The molecule has 0 aliphatic rings. The molecule has 0 aliphatic carbocycles. The van der Waals surface area contributed by atoms with Gasteiger partial charge in [-0.05, 0) is 0 Å². The number of anilines is 1. The molecule has 10 heteroatoms. The fourth-order valence-corrected chi connectivity index (χ4v) is 2.23. The summed E-state index contributed by atoms with van der Waals surface area (Å²) >= 11 is 1.95. The lowest BCUT2D eigenvalue weighted by Crippen LogP contribution is -2.15. The van der Waals surface area contributed by atoms with Gasteiger partial charge in [0.05, 0.1) is 5.75 Å². The summed E-state index contributed by atoms with van der Waals surface area (Å²) in [5.74, 6) is -3.09. The van der Waals surface area contributed by atoms with E-state index in [0.717, 1.165) is 23.1 Å². The van der Waals surface area contributed by atoms with Gasteiger partial charge >= 0.3 is 11.9 Å². The number of nitrogens with zero attached hydrogens (tertiary/aromatic N) is 2. The van der Waals surface area contributed by atoms with Gasteiger partial charge in [-0.2, -0.15) is 0 Å². The van der Waals surface area contributed by atoms with Crippen LogP contribution in [0.1, 0.15) is 6.42 Å². The Balaban J connectivity index is 2.47. The van der Waals surface area contributed by atoms with E-state index in [9.17, 15) is 14.4 Å². The summed E-state index contributed by atoms with van der Waals surface area (Å²) in [6, 6.07) is 0. The van der Waals surface area contributed by atoms with Gasteiger partial charge in [-0.3, -0.25) is 19.7 Å². The normalized spacial score (nSPS) is 9.88. The van der Waals surface area contributed by atoms with Gasteiger partial charge in [0.25, 0.3) is 0 Å². The van der Waals surface area contributed by atoms with E-state index in [1.165, 1.54) is 0 Å². The second-order valence-electron chi connectivity index (χ2n) is 2.67. The molecule has 0 aliphatic heterocycles. The van der Waals surface area contributed by atoms with Gasteiger partial charge < -0.3 is 10.2 Å². The molecule has 0 saturated heterocycles. The van der Waals surface area contributed by atoms with Crippen LogP contribution < -0.4 is 5.32 Å². The van der Waals surface area contributed by atoms with Crippen molar-refractivity contribution in [2.75, 3.05) is 11.1 Å². The average molecular weight is 277 g/mol. The van der Waals surface area contributed by atoms with Gasteiger partial charge in [0.15, 0.2) is 4.34 Å². The van der Waals surface area contributed by atoms with Crippen LogP contribution in [0, 0.1) is 0 Å². The maximum absolute atomic E-state index is 11.0. The molecule has 92 valence electrons. The van der Waals surface area contributed by atoms with Crippen LogP contribution in [0.15, 0.2) is 4.34 Å². The van der Waals surface area contributed by atoms with Gasteiger partial charge in [0.1, 0.15) is 6.42 Å². The Bertz CT molecular complexity index is 446. The van der Waals surface area contributed by atoms with E-state index < -0.39 is 24.3 Å². The zero-order chi connectivity index (χ0) is 12.8. The Morgan fingerprint density at radius 3 is 2.53 bits per heavy atom. The van der Waals surface area contributed by atoms with Crippen LogP contribution in [0.2, 0.25) is 0 Å². The van der Waals surface area contributed by atoms with Crippen molar-refractivity contribution in [1.29, 1.82) is 0 Å². The minimum atomic E-state index is -1.24. The molecular formula is C7H7N3O5S2. The third-order valence-corrected chi connectivity index (χ3v) is 3.24. The molecule has 8 nitrogen and oxygen atoms in total. The summed E-state index contributed by atoms with van der Waals surface area (Å²) in [7, 11) is 0. The van der Waals surface area contributed by atoms with E-state index in [-0.39, 0.29) is 10.9 Å². The molecular weight excluding hydrogens is 270 g/mol. The maximum Gasteiger partial charge on any atom is 0.313 e. The number of hydrogen-bond acceptors (Lipinski definition) is 7. The molecule has 0 saturated carbocycles. The summed E-state index contributed by atoms with van der Waals surface area (Å²) in [6.07, 6.45) is -0.656. The first-order valence-electron chi connectivity index (χ1n) is 4.17. The molecule has 1 amide bonds. The predicted molar refractivity (Wildman–Crippen MR) is 59.2 cm³/mol. The summed E-state index contributed by atoms with van der Waals surface area (Å²) in [5, 5.41) is 26.4. The minimum absolute atomic E-state index is 0.143. The van der Waals surface area contributed by atoms with Crippen LogP contribution in [0.25, 0.3) is 0 Å². The lowest BCUT2D eigenvalue weighted by atomic mass is 10.4. The van der Waals surface area contributed by atoms with E-state index in [1.807, 2.05) is 0 Å². The summed E-state index contributed by atoms with van der Waals surface area (Å²) in [6.45, 7) is 0. The summed E-state index contributed by atoms with van der Waals surface area (Å²) in [4.78, 5) is 31.5. The quantitative estimate of drug-likeness (QED) is 0.380. The van der Waals surface area contributed by atoms with Crippen molar-refractivity contribution in [3.05, 3.63) is 0 Å². The molecule has 1 aromatic heterocycles. The zero-order valence-corrected chi connectivity index (χ0v) is 9.88. The Morgan fingerprint density at radius 1 is 1.24 bits per heavy atom. The Labute approximate surface area is 103 Å². The van der Waals surface area contributed by atoms with E-state index in [4.69, 9.17) is 10.2 Å². The number of carboxylic acids is 2. The van der Waals surface area contributed by atoms with Gasteiger partial charge in [-0.15, -0.1) is 10.2 Å². The van der Waals surface area contributed by atoms with E-state index in [0.29, 0.717) is 4.34 Å². The van der Waals surface area contributed by atoms with Crippen LogP contribution >= 0.6 is 23.1 Å².